The van der Waals surface area contributed by atoms with Crippen LogP contribution < -0.4 is 10.6 Å². The standard InChI is InChI=1S/C21H16FN5O2/c22-15-5-1-2-6-16(15)25-20(28)18-17-7-3-4-12-27(17)19(26-18)21(29)24-13-14-8-10-23-11-9-14/h1-12H,13H2,(H,24,29)(H,25,28). The number of hydrogen-bond donors (Lipinski definition) is 2. The number of aromatic nitrogens is 3. The molecule has 3 aromatic heterocycles. The van der Waals surface area contributed by atoms with Gasteiger partial charge in [-0.15, -0.1) is 0 Å². The molecule has 0 aliphatic rings. The van der Waals surface area contributed by atoms with E-state index >= 15 is 0 Å². The molecule has 0 atom stereocenters. The first-order valence-electron chi connectivity index (χ1n) is 8.83. The SMILES string of the molecule is O=C(Nc1ccccc1F)c1nc(C(=O)NCc2ccncc2)n2ccccc12. The van der Waals surface area contributed by atoms with E-state index in [0.29, 0.717) is 12.1 Å². The lowest BCUT2D eigenvalue weighted by molar-refractivity contribution is 0.0940. The van der Waals surface area contributed by atoms with Crippen molar-refractivity contribution in [1.82, 2.24) is 19.7 Å². The summed E-state index contributed by atoms with van der Waals surface area (Å²) in [6.45, 7) is 0.292. The Labute approximate surface area is 165 Å². The molecule has 3 heterocycles. The van der Waals surface area contributed by atoms with Gasteiger partial charge in [0, 0.05) is 25.1 Å². The molecule has 2 amide bonds. The average molecular weight is 389 g/mol. The maximum Gasteiger partial charge on any atom is 0.287 e. The molecule has 0 spiro atoms. The number of hydrogen-bond acceptors (Lipinski definition) is 4. The van der Waals surface area contributed by atoms with E-state index in [2.05, 4.69) is 20.6 Å². The van der Waals surface area contributed by atoms with Crippen LogP contribution in [0.25, 0.3) is 5.52 Å². The van der Waals surface area contributed by atoms with Crippen molar-refractivity contribution in [3.63, 3.8) is 0 Å². The Morgan fingerprint density at radius 3 is 2.52 bits per heavy atom. The van der Waals surface area contributed by atoms with Crippen LogP contribution in [0.5, 0.6) is 0 Å². The lowest BCUT2D eigenvalue weighted by Gasteiger charge is -2.04. The number of nitrogens with one attached hydrogen (secondary N) is 2. The highest BCUT2D eigenvalue weighted by Gasteiger charge is 2.22. The molecule has 7 nitrogen and oxygen atoms in total. The molecular weight excluding hydrogens is 373 g/mol. The number of benzene rings is 1. The molecule has 4 aromatic rings. The highest BCUT2D eigenvalue weighted by molar-refractivity contribution is 6.09. The van der Waals surface area contributed by atoms with Crippen molar-refractivity contribution < 1.29 is 14.0 Å². The summed E-state index contributed by atoms with van der Waals surface area (Å²) in [6.07, 6.45) is 4.92. The van der Waals surface area contributed by atoms with Gasteiger partial charge in [0.2, 0.25) is 5.82 Å². The van der Waals surface area contributed by atoms with E-state index in [9.17, 15) is 14.0 Å². The van der Waals surface area contributed by atoms with E-state index in [1.54, 1.807) is 55.0 Å². The zero-order valence-corrected chi connectivity index (χ0v) is 15.2. The van der Waals surface area contributed by atoms with Crippen molar-refractivity contribution in [2.24, 2.45) is 0 Å². The Morgan fingerprint density at radius 2 is 1.72 bits per heavy atom. The molecule has 0 radical (unpaired) electrons. The topological polar surface area (TPSA) is 88.4 Å². The fourth-order valence-corrected chi connectivity index (χ4v) is 2.87. The summed E-state index contributed by atoms with van der Waals surface area (Å²) in [5.74, 6) is -1.53. The summed E-state index contributed by atoms with van der Waals surface area (Å²) in [7, 11) is 0. The van der Waals surface area contributed by atoms with Gasteiger partial charge in [-0.3, -0.25) is 19.0 Å². The van der Waals surface area contributed by atoms with E-state index in [1.807, 2.05) is 0 Å². The van der Waals surface area contributed by atoms with E-state index in [-0.39, 0.29) is 17.2 Å². The number of halogens is 1. The molecule has 29 heavy (non-hydrogen) atoms. The minimum Gasteiger partial charge on any atom is -0.345 e. The average Bonchev–Trinajstić information content (AvgIpc) is 3.14. The van der Waals surface area contributed by atoms with E-state index in [0.717, 1.165) is 5.56 Å². The van der Waals surface area contributed by atoms with E-state index in [4.69, 9.17) is 0 Å². The highest BCUT2D eigenvalue weighted by atomic mass is 19.1. The number of anilines is 1. The molecule has 0 aliphatic heterocycles. The van der Waals surface area contributed by atoms with Crippen LogP contribution in [-0.4, -0.2) is 26.2 Å². The van der Waals surface area contributed by atoms with E-state index in [1.165, 1.54) is 22.6 Å². The maximum atomic E-state index is 13.9. The van der Waals surface area contributed by atoms with Crippen molar-refractivity contribution >= 4 is 23.0 Å². The first-order chi connectivity index (χ1) is 14.1. The van der Waals surface area contributed by atoms with E-state index < -0.39 is 17.6 Å². The van der Waals surface area contributed by atoms with Crippen LogP contribution >= 0.6 is 0 Å². The van der Waals surface area contributed by atoms with Gasteiger partial charge in [-0.1, -0.05) is 18.2 Å². The summed E-state index contributed by atoms with van der Waals surface area (Å²) in [4.78, 5) is 33.5. The molecule has 0 saturated heterocycles. The first-order valence-corrected chi connectivity index (χ1v) is 8.83. The number of amides is 2. The third-order valence-corrected chi connectivity index (χ3v) is 4.29. The predicted molar refractivity (Wildman–Crippen MR) is 105 cm³/mol. The number of carbonyl (C=O) groups is 2. The smallest absolute Gasteiger partial charge is 0.287 e. The fraction of sp³-hybridized carbons (Fsp3) is 0.0476. The molecular formula is C21H16FN5O2. The van der Waals surface area contributed by atoms with Crippen LogP contribution in [0.2, 0.25) is 0 Å². The van der Waals surface area contributed by atoms with Gasteiger partial charge in [0.05, 0.1) is 11.2 Å². The van der Waals surface area contributed by atoms with Crippen LogP contribution in [0.1, 0.15) is 26.7 Å². The normalized spacial score (nSPS) is 10.7. The Kier molecular flexibility index (Phi) is 4.98. The molecule has 144 valence electrons. The quantitative estimate of drug-likeness (QED) is 0.549. The van der Waals surface area contributed by atoms with Crippen molar-refractivity contribution in [1.29, 1.82) is 0 Å². The summed E-state index contributed by atoms with van der Waals surface area (Å²) in [5, 5.41) is 5.28. The van der Waals surface area contributed by atoms with Gasteiger partial charge < -0.3 is 10.6 Å². The molecule has 0 bridgehead atoms. The molecule has 0 unspecified atom stereocenters. The van der Waals surface area contributed by atoms with Gasteiger partial charge >= 0.3 is 0 Å². The van der Waals surface area contributed by atoms with Gasteiger partial charge in [-0.05, 0) is 42.0 Å². The Bertz CT molecular complexity index is 1190. The largest absolute Gasteiger partial charge is 0.345 e. The van der Waals surface area contributed by atoms with Crippen LogP contribution in [0.4, 0.5) is 10.1 Å². The van der Waals surface area contributed by atoms with Crippen molar-refractivity contribution in [3.05, 3.63) is 96.1 Å². The minimum atomic E-state index is -0.605. The molecule has 2 N–H and O–H groups in total. The van der Waals surface area contributed by atoms with Gasteiger partial charge in [0.25, 0.3) is 11.8 Å². The van der Waals surface area contributed by atoms with Crippen LogP contribution in [0.3, 0.4) is 0 Å². The highest BCUT2D eigenvalue weighted by Crippen LogP contribution is 2.18. The predicted octanol–water partition coefficient (Wildman–Crippen LogP) is 3.05. The number of imidazole rings is 1. The zero-order chi connectivity index (χ0) is 20.2. The lowest BCUT2D eigenvalue weighted by atomic mass is 10.2. The number of fused-ring (bicyclic) bond motifs is 1. The van der Waals surface area contributed by atoms with Gasteiger partial charge in [-0.25, -0.2) is 9.37 Å². The van der Waals surface area contributed by atoms with Crippen LogP contribution in [0, 0.1) is 5.82 Å². The summed E-state index contributed by atoms with van der Waals surface area (Å²) >= 11 is 0. The molecule has 0 aliphatic carbocycles. The van der Waals surface area contributed by atoms with Gasteiger partial charge in [0.15, 0.2) is 5.69 Å². The number of rotatable bonds is 5. The maximum absolute atomic E-state index is 13.9. The summed E-state index contributed by atoms with van der Waals surface area (Å²) in [6, 6.07) is 14.6. The van der Waals surface area contributed by atoms with Crippen LogP contribution in [0.15, 0.2) is 73.2 Å². The third-order valence-electron chi connectivity index (χ3n) is 4.29. The molecule has 0 fully saturated rings. The zero-order valence-electron chi connectivity index (χ0n) is 15.2. The van der Waals surface area contributed by atoms with Crippen molar-refractivity contribution in [2.45, 2.75) is 6.54 Å². The number of pyridine rings is 2. The third kappa shape index (κ3) is 3.81. The molecule has 4 rings (SSSR count). The minimum absolute atomic E-state index is 0.0305. The second-order valence-electron chi connectivity index (χ2n) is 6.21. The summed E-state index contributed by atoms with van der Waals surface area (Å²) < 4.78 is 15.4. The summed E-state index contributed by atoms with van der Waals surface area (Å²) in [5.41, 5.74) is 1.39. The Balaban J connectivity index is 1.62. The fourth-order valence-electron chi connectivity index (χ4n) is 2.87. The number of nitrogens with zero attached hydrogens (tertiary/aromatic N) is 3. The number of para-hydroxylation sites is 1. The monoisotopic (exact) mass is 389 g/mol. The molecule has 8 heteroatoms. The molecule has 1 aromatic carbocycles. The van der Waals surface area contributed by atoms with Gasteiger partial charge in [0.1, 0.15) is 5.82 Å². The van der Waals surface area contributed by atoms with Crippen LogP contribution in [-0.2, 0) is 6.54 Å². The second kappa shape index (κ2) is 7.89. The number of carbonyl (C=O) groups excluding carboxylic acids is 2. The Morgan fingerprint density at radius 1 is 0.966 bits per heavy atom. The lowest BCUT2D eigenvalue weighted by Crippen LogP contribution is -2.25. The molecule has 0 saturated carbocycles. The first kappa shape index (κ1) is 18.3. The van der Waals surface area contributed by atoms with Crippen molar-refractivity contribution in [2.75, 3.05) is 5.32 Å². The van der Waals surface area contributed by atoms with Gasteiger partial charge in [-0.2, -0.15) is 0 Å². The Hall–Kier alpha value is -4.07. The second-order valence-corrected chi connectivity index (χ2v) is 6.21. The van der Waals surface area contributed by atoms with Crippen molar-refractivity contribution in [3.8, 4) is 0 Å².